The summed E-state index contributed by atoms with van der Waals surface area (Å²) in [4.78, 5) is 0. The highest BCUT2D eigenvalue weighted by Gasteiger charge is 2.39. The van der Waals surface area contributed by atoms with Gasteiger partial charge in [-0.1, -0.05) is 29.3 Å². The van der Waals surface area contributed by atoms with E-state index in [0.29, 0.717) is 28.2 Å². The van der Waals surface area contributed by atoms with Gasteiger partial charge in [-0.25, -0.2) is 4.68 Å². The van der Waals surface area contributed by atoms with E-state index in [0.717, 1.165) is 11.1 Å². The molecule has 0 aliphatic heterocycles. The minimum absolute atomic E-state index is 0.298. The summed E-state index contributed by atoms with van der Waals surface area (Å²) in [6.45, 7) is 8.76. The second-order valence-electron chi connectivity index (χ2n) is 6.16. The number of allylic oxidation sites excluding steroid dienone is 3. The summed E-state index contributed by atoms with van der Waals surface area (Å²) < 4.78 is 31.4. The molecule has 0 aromatic carbocycles. The van der Waals surface area contributed by atoms with Gasteiger partial charge in [-0.2, -0.15) is 8.42 Å². The number of nitrogen functional groups attached to an aromatic ring is 1. The van der Waals surface area contributed by atoms with Gasteiger partial charge in [0.05, 0.1) is 10.7 Å². The molecule has 6 nitrogen and oxygen atoms in total. The number of aromatic nitrogens is 1. The molecule has 1 aromatic rings. The number of rotatable bonds is 1. The number of aryl methyl sites for hydroxylation is 1. The molecule has 0 saturated carbocycles. The number of pyridine rings is 1. The molecule has 0 spiro atoms. The van der Waals surface area contributed by atoms with Crippen molar-refractivity contribution in [1.29, 1.82) is 5.41 Å². The molecule has 0 fully saturated rings. The number of hydrogen-bond donors (Lipinski definition) is 3. The monoisotopic (exact) mass is 373 g/mol. The van der Waals surface area contributed by atoms with Crippen LogP contribution in [-0.4, -0.2) is 22.4 Å². The molecule has 1 unspecified atom stereocenters. The Labute approximate surface area is 147 Å². The molecule has 4 N–H and O–H groups in total. The van der Waals surface area contributed by atoms with Gasteiger partial charge in [0.25, 0.3) is 10.1 Å². The molecule has 8 heteroatoms. The summed E-state index contributed by atoms with van der Waals surface area (Å²) in [5, 5.41) is 8.06. The van der Waals surface area contributed by atoms with Gasteiger partial charge in [0.15, 0.2) is 0 Å². The van der Waals surface area contributed by atoms with E-state index in [1.165, 1.54) is 11.6 Å². The first-order chi connectivity index (χ1) is 10.8. The van der Waals surface area contributed by atoms with Crippen LogP contribution in [0.25, 0.3) is 0 Å². The summed E-state index contributed by atoms with van der Waals surface area (Å²) in [5.41, 5.74) is 3.52. The molecule has 1 aliphatic rings. The molecule has 1 aromatic heterocycles. The first kappa shape index (κ1) is 20.5. The molecule has 0 amide bonds. The molecule has 1 heterocycles. The van der Waals surface area contributed by atoms with Crippen molar-refractivity contribution in [1.82, 2.24) is 4.68 Å². The van der Waals surface area contributed by atoms with Crippen LogP contribution in [-0.2, 0) is 10.1 Å². The maximum absolute atomic E-state index is 11.1. The highest BCUT2D eigenvalue weighted by molar-refractivity contribution is 7.87. The van der Waals surface area contributed by atoms with Gasteiger partial charge in [-0.15, -0.1) is 0 Å². The molecule has 0 saturated heterocycles. The summed E-state index contributed by atoms with van der Waals surface area (Å²) in [6, 6.07) is 1.74. The second-order valence-corrected chi connectivity index (χ2v) is 8.42. The van der Waals surface area contributed by atoms with Crippen molar-refractivity contribution in [2.45, 2.75) is 45.8 Å². The van der Waals surface area contributed by atoms with Gasteiger partial charge in [0, 0.05) is 0 Å². The van der Waals surface area contributed by atoms with Crippen LogP contribution in [0.2, 0.25) is 5.02 Å². The van der Waals surface area contributed by atoms with Gasteiger partial charge < -0.3 is 5.84 Å². The highest BCUT2D eigenvalue weighted by atomic mass is 35.5. The third-order valence-electron chi connectivity index (χ3n) is 4.33. The van der Waals surface area contributed by atoms with Crippen LogP contribution in [0.5, 0.6) is 0 Å². The highest BCUT2D eigenvalue weighted by Crippen LogP contribution is 2.34. The predicted octanol–water partition coefficient (Wildman–Crippen LogP) is 2.88. The predicted molar refractivity (Wildman–Crippen MR) is 97.0 cm³/mol. The van der Waals surface area contributed by atoms with Crippen LogP contribution < -0.4 is 11.3 Å². The normalized spacial score (nSPS) is 20.6. The van der Waals surface area contributed by atoms with E-state index in [9.17, 15) is 8.42 Å². The lowest BCUT2D eigenvalue weighted by Gasteiger charge is -2.29. The maximum Gasteiger partial charge on any atom is 0.274 e. The lowest BCUT2D eigenvalue weighted by atomic mass is 9.90. The Balaban J connectivity index is 0.000000243. The maximum atomic E-state index is 11.1. The number of hydrogen-bond acceptors (Lipinski definition) is 4. The van der Waals surface area contributed by atoms with Crippen LogP contribution in [0.4, 0.5) is 0 Å². The van der Waals surface area contributed by atoms with Crippen molar-refractivity contribution in [3.05, 3.63) is 51.1 Å². The minimum atomic E-state index is -4.01. The first-order valence-electron chi connectivity index (χ1n) is 7.32. The van der Waals surface area contributed by atoms with Gasteiger partial charge in [-0.05, 0) is 58.2 Å². The summed E-state index contributed by atoms with van der Waals surface area (Å²) in [5.74, 6) is 5.53. The van der Waals surface area contributed by atoms with Crippen molar-refractivity contribution >= 4 is 21.7 Å². The summed E-state index contributed by atoms with van der Waals surface area (Å²) in [7, 11) is -4.01. The third kappa shape index (κ3) is 4.09. The second kappa shape index (κ2) is 7.13. The molecule has 24 heavy (non-hydrogen) atoms. The minimum Gasteiger partial charge on any atom is -0.337 e. The number of halogens is 1. The van der Waals surface area contributed by atoms with E-state index in [1.807, 2.05) is 13.0 Å². The topological polar surface area (TPSA) is 109 Å². The average Bonchev–Trinajstić information content (AvgIpc) is 2.47. The molecule has 0 bridgehead atoms. The summed E-state index contributed by atoms with van der Waals surface area (Å²) in [6.07, 6.45) is 3.96. The van der Waals surface area contributed by atoms with E-state index >= 15 is 0 Å². The Morgan fingerprint density at radius 1 is 1.33 bits per heavy atom. The summed E-state index contributed by atoms with van der Waals surface area (Å²) >= 11 is 5.81. The van der Waals surface area contributed by atoms with Crippen molar-refractivity contribution in [2.75, 3.05) is 5.84 Å². The largest absolute Gasteiger partial charge is 0.337 e. The zero-order chi connectivity index (χ0) is 18.9. The smallest absolute Gasteiger partial charge is 0.274 e. The Kier molecular flexibility index (Phi) is 6.08. The van der Waals surface area contributed by atoms with E-state index in [1.54, 1.807) is 32.9 Å². The Morgan fingerprint density at radius 2 is 1.88 bits per heavy atom. The van der Waals surface area contributed by atoms with Gasteiger partial charge >= 0.3 is 0 Å². The number of nitrogens with two attached hydrogens (primary N) is 1. The molecule has 1 aliphatic carbocycles. The lowest BCUT2D eigenvalue weighted by molar-refractivity contribution is 0.447. The van der Waals surface area contributed by atoms with Crippen molar-refractivity contribution in [3.63, 3.8) is 0 Å². The van der Waals surface area contributed by atoms with Crippen molar-refractivity contribution in [2.24, 2.45) is 0 Å². The first-order valence-corrected chi connectivity index (χ1v) is 9.14. The molecule has 2 rings (SSSR count). The zero-order valence-corrected chi connectivity index (χ0v) is 16.1. The van der Waals surface area contributed by atoms with Gasteiger partial charge in [0.1, 0.15) is 10.2 Å². The van der Waals surface area contributed by atoms with Crippen LogP contribution in [0.15, 0.2) is 29.4 Å². The Hall–Kier alpha value is -1.57. The molecule has 0 radical (unpaired) electrons. The van der Waals surface area contributed by atoms with Crippen molar-refractivity contribution < 1.29 is 13.0 Å². The fourth-order valence-electron chi connectivity index (χ4n) is 2.21. The van der Waals surface area contributed by atoms with Crippen LogP contribution >= 0.6 is 11.6 Å². The van der Waals surface area contributed by atoms with Crippen molar-refractivity contribution in [3.8, 4) is 0 Å². The third-order valence-corrected chi connectivity index (χ3v) is 6.34. The number of nitrogens with zero attached hydrogens (tertiary/aromatic N) is 1. The standard InChI is InChI=1S/C9H14O3S.C7H10ClN3/c1-7-4-5-9(3,8(2)6-7)13(10,11)12;1-4-3-6(8)5(2)11(10)7(4)9/h4,6H,5H2,1-3H3,(H,10,11,12);3,9H,10H2,1-2H3. The van der Waals surface area contributed by atoms with Crippen LogP contribution in [0, 0.1) is 19.3 Å². The molecule has 1 atom stereocenters. The van der Waals surface area contributed by atoms with Gasteiger partial charge in [-0.3, -0.25) is 9.96 Å². The zero-order valence-electron chi connectivity index (χ0n) is 14.5. The fourth-order valence-corrected chi connectivity index (χ4v) is 3.23. The fraction of sp³-hybridized carbons (Fsp3) is 0.438. The van der Waals surface area contributed by atoms with E-state index in [-0.39, 0.29) is 0 Å². The SMILES string of the molecule is CC1=CCC(C)(S(=O)(=O)O)C(C)=C1.Cc1cc(Cl)c(C)n(N)c1=N. The lowest BCUT2D eigenvalue weighted by Crippen LogP contribution is -2.37. The van der Waals surface area contributed by atoms with Crippen LogP contribution in [0.3, 0.4) is 0 Å². The number of nitrogens with one attached hydrogen (secondary N) is 1. The van der Waals surface area contributed by atoms with Crippen LogP contribution in [0.1, 0.15) is 38.4 Å². The Morgan fingerprint density at radius 3 is 2.33 bits per heavy atom. The van der Waals surface area contributed by atoms with E-state index in [4.69, 9.17) is 27.4 Å². The molecular formula is C16H24ClN3O3S. The van der Waals surface area contributed by atoms with E-state index < -0.39 is 14.9 Å². The van der Waals surface area contributed by atoms with E-state index in [2.05, 4.69) is 0 Å². The van der Waals surface area contributed by atoms with Gasteiger partial charge in [0.2, 0.25) is 0 Å². The average molecular weight is 374 g/mol. The Bertz CT molecular complexity index is 869. The molecular weight excluding hydrogens is 350 g/mol. The molecule has 134 valence electrons. The quantitative estimate of drug-likeness (QED) is 0.519.